The standard InChI is InChI=1S/C8H17NO3/c1-8(6-9,7(10)11)4-3-5-12-2/h3-6,9H2,1-2H3,(H,10,11). The average Bonchev–Trinajstić information content (AvgIpc) is 2.04. The highest BCUT2D eigenvalue weighted by molar-refractivity contribution is 5.74. The van der Waals surface area contributed by atoms with Crippen molar-refractivity contribution in [3.05, 3.63) is 0 Å². The quantitative estimate of drug-likeness (QED) is 0.575. The molecule has 3 N–H and O–H groups in total. The number of rotatable bonds is 6. The molecule has 0 amide bonds. The maximum atomic E-state index is 10.7. The Morgan fingerprint density at radius 1 is 1.67 bits per heavy atom. The molecule has 0 spiro atoms. The van der Waals surface area contributed by atoms with Gasteiger partial charge in [-0.3, -0.25) is 4.79 Å². The van der Waals surface area contributed by atoms with Gasteiger partial charge in [0.15, 0.2) is 0 Å². The Morgan fingerprint density at radius 2 is 2.25 bits per heavy atom. The summed E-state index contributed by atoms with van der Waals surface area (Å²) in [5.41, 5.74) is 4.58. The van der Waals surface area contributed by atoms with Gasteiger partial charge in [0.05, 0.1) is 5.41 Å². The highest BCUT2D eigenvalue weighted by Gasteiger charge is 2.30. The molecule has 12 heavy (non-hydrogen) atoms. The van der Waals surface area contributed by atoms with Crippen molar-refractivity contribution < 1.29 is 14.6 Å². The summed E-state index contributed by atoms with van der Waals surface area (Å²) in [7, 11) is 1.60. The van der Waals surface area contributed by atoms with E-state index in [9.17, 15) is 4.79 Å². The lowest BCUT2D eigenvalue weighted by atomic mass is 9.86. The van der Waals surface area contributed by atoms with E-state index in [1.54, 1.807) is 14.0 Å². The van der Waals surface area contributed by atoms with E-state index in [2.05, 4.69) is 0 Å². The van der Waals surface area contributed by atoms with Gasteiger partial charge in [0.25, 0.3) is 0 Å². The van der Waals surface area contributed by atoms with Crippen LogP contribution in [0.1, 0.15) is 19.8 Å². The third kappa shape index (κ3) is 3.19. The molecule has 0 saturated heterocycles. The fourth-order valence-electron chi connectivity index (χ4n) is 0.903. The zero-order chi connectivity index (χ0) is 9.61. The SMILES string of the molecule is COCCCC(C)(CN)C(=O)O. The lowest BCUT2D eigenvalue weighted by Crippen LogP contribution is -2.35. The highest BCUT2D eigenvalue weighted by atomic mass is 16.5. The van der Waals surface area contributed by atoms with Gasteiger partial charge in [0, 0.05) is 20.3 Å². The molecule has 0 aliphatic rings. The fourth-order valence-corrected chi connectivity index (χ4v) is 0.903. The Morgan fingerprint density at radius 3 is 2.58 bits per heavy atom. The molecule has 0 rings (SSSR count). The summed E-state index contributed by atoms with van der Waals surface area (Å²) in [6.45, 7) is 2.42. The van der Waals surface area contributed by atoms with Crippen molar-refractivity contribution in [1.82, 2.24) is 0 Å². The second kappa shape index (κ2) is 5.11. The largest absolute Gasteiger partial charge is 0.481 e. The van der Waals surface area contributed by atoms with Crippen LogP contribution < -0.4 is 5.73 Å². The highest BCUT2D eigenvalue weighted by Crippen LogP contribution is 2.21. The minimum Gasteiger partial charge on any atom is -0.481 e. The van der Waals surface area contributed by atoms with E-state index >= 15 is 0 Å². The van der Waals surface area contributed by atoms with Gasteiger partial charge in [-0.25, -0.2) is 0 Å². The van der Waals surface area contributed by atoms with E-state index in [-0.39, 0.29) is 6.54 Å². The monoisotopic (exact) mass is 175 g/mol. The van der Waals surface area contributed by atoms with E-state index in [0.29, 0.717) is 13.0 Å². The minimum atomic E-state index is -0.832. The van der Waals surface area contributed by atoms with Crippen LogP contribution in [0.3, 0.4) is 0 Å². The first-order valence-electron chi connectivity index (χ1n) is 3.99. The zero-order valence-corrected chi connectivity index (χ0v) is 7.67. The van der Waals surface area contributed by atoms with Crippen molar-refractivity contribution in [3.63, 3.8) is 0 Å². The van der Waals surface area contributed by atoms with Crippen LogP contribution in [0.15, 0.2) is 0 Å². The second-order valence-corrected chi connectivity index (χ2v) is 3.17. The number of carboxylic acid groups (broad SMARTS) is 1. The molecular weight excluding hydrogens is 158 g/mol. The molecule has 0 aliphatic heterocycles. The summed E-state index contributed by atoms with van der Waals surface area (Å²) in [4.78, 5) is 10.7. The van der Waals surface area contributed by atoms with Crippen molar-refractivity contribution in [3.8, 4) is 0 Å². The number of methoxy groups -OCH3 is 1. The number of carboxylic acids is 1. The molecule has 0 radical (unpaired) electrons. The number of hydrogen-bond acceptors (Lipinski definition) is 3. The molecule has 0 heterocycles. The Labute approximate surface area is 72.7 Å². The Hall–Kier alpha value is -0.610. The van der Waals surface area contributed by atoms with Gasteiger partial charge in [-0.1, -0.05) is 0 Å². The predicted molar refractivity (Wildman–Crippen MR) is 45.9 cm³/mol. The van der Waals surface area contributed by atoms with Crippen molar-refractivity contribution in [2.45, 2.75) is 19.8 Å². The molecule has 4 nitrogen and oxygen atoms in total. The van der Waals surface area contributed by atoms with Crippen molar-refractivity contribution in [1.29, 1.82) is 0 Å². The molecule has 0 bridgehead atoms. The number of ether oxygens (including phenoxy) is 1. The van der Waals surface area contributed by atoms with Crippen LogP contribution in [-0.4, -0.2) is 31.3 Å². The first kappa shape index (κ1) is 11.4. The molecule has 0 fully saturated rings. The molecule has 0 aromatic rings. The summed E-state index contributed by atoms with van der Waals surface area (Å²) < 4.78 is 4.83. The summed E-state index contributed by atoms with van der Waals surface area (Å²) in [5, 5.41) is 8.81. The van der Waals surface area contributed by atoms with Crippen LogP contribution in [-0.2, 0) is 9.53 Å². The molecule has 0 aromatic carbocycles. The van der Waals surface area contributed by atoms with Crippen molar-refractivity contribution >= 4 is 5.97 Å². The van der Waals surface area contributed by atoms with Crippen LogP contribution in [0, 0.1) is 5.41 Å². The maximum absolute atomic E-state index is 10.7. The summed E-state index contributed by atoms with van der Waals surface area (Å²) in [6, 6.07) is 0. The normalized spacial score (nSPS) is 15.6. The van der Waals surface area contributed by atoms with Crippen LogP contribution in [0.4, 0.5) is 0 Å². The van der Waals surface area contributed by atoms with Gasteiger partial charge in [-0.2, -0.15) is 0 Å². The topological polar surface area (TPSA) is 72.5 Å². The van der Waals surface area contributed by atoms with E-state index in [4.69, 9.17) is 15.6 Å². The molecule has 1 atom stereocenters. The van der Waals surface area contributed by atoms with Gasteiger partial charge in [0.1, 0.15) is 0 Å². The smallest absolute Gasteiger partial charge is 0.310 e. The van der Waals surface area contributed by atoms with Crippen LogP contribution in [0.25, 0.3) is 0 Å². The third-order valence-electron chi connectivity index (χ3n) is 2.04. The molecular formula is C8H17NO3. The Kier molecular flexibility index (Phi) is 4.85. The summed E-state index contributed by atoms with van der Waals surface area (Å²) in [5.74, 6) is -0.832. The molecule has 72 valence electrons. The summed E-state index contributed by atoms with van der Waals surface area (Å²) >= 11 is 0. The molecule has 0 aromatic heterocycles. The predicted octanol–water partition coefficient (Wildman–Crippen LogP) is 0.463. The fraction of sp³-hybridized carbons (Fsp3) is 0.875. The van der Waals surface area contributed by atoms with Crippen molar-refractivity contribution in [2.75, 3.05) is 20.3 Å². The van der Waals surface area contributed by atoms with Crippen LogP contribution >= 0.6 is 0 Å². The number of carbonyl (C=O) groups is 1. The third-order valence-corrected chi connectivity index (χ3v) is 2.04. The minimum absolute atomic E-state index is 0.173. The van der Waals surface area contributed by atoms with E-state index in [1.807, 2.05) is 0 Å². The van der Waals surface area contributed by atoms with Gasteiger partial charge in [-0.15, -0.1) is 0 Å². The maximum Gasteiger partial charge on any atom is 0.310 e. The number of nitrogens with two attached hydrogens (primary N) is 1. The van der Waals surface area contributed by atoms with Crippen molar-refractivity contribution in [2.24, 2.45) is 11.1 Å². The number of aliphatic carboxylic acids is 1. The number of hydrogen-bond donors (Lipinski definition) is 2. The second-order valence-electron chi connectivity index (χ2n) is 3.17. The Balaban J connectivity index is 3.88. The lowest BCUT2D eigenvalue weighted by molar-refractivity contribution is -0.147. The van der Waals surface area contributed by atoms with Crippen LogP contribution in [0.2, 0.25) is 0 Å². The van der Waals surface area contributed by atoms with E-state index in [1.165, 1.54) is 0 Å². The molecule has 4 heteroatoms. The zero-order valence-electron chi connectivity index (χ0n) is 7.67. The van der Waals surface area contributed by atoms with Crippen LogP contribution in [0.5, 0.6) is 0 Å². The lowest BCUT2D eigenvalue weighted by Gasteiger charge is -2.21. The average molecular weight is 175 g/mol. The summed E-state index contributed by atoms with van der Waals surface area (Å²) in [6.07, 6.45) is 1.29. The molecule has 0 aliphatic carbocycles. The van der Waals surface area contributed by atoms with Gasteiger partial charge >= 0.3 is 5.97 Å². The molecule has 1 unspecified atom stereocenters. The van der Waals surface area contributed by atoms with E-state index < -0.39 is 11.4 Å². The van der Waals surface area contributed by atoms with Gasteiger partial charge in [-0.05, 0) is 19.8 Å². The first-order valence-corrected chi connectivity index (χ1v) is 3.99. The first-order chi connectivity index (χ1) is 5.56. The van der Waals surface area contributed by atoms with Gasteiger partial charge in [0.2, 0.25) is 0 Å². The van der Waals surface area contributed by atoms with E-state index in [0.717, 1.165) is 6.42 Å². The Bertz CT molecular complexity index is 149. The molecule has 0 saturated carbocycles. The van der Waals surface area contributed by atoms with Gasteiger partial charge < -0.3 is 15.6 Å².